The van der Waals surface area contributed by atoms with Crippen molar-refractivity contribution in [3.05, 3.63) is 58.7 Å². The molecule has 1 fully saturated rings. The second-order valence-corrected chi connectivity index (χ2v) is 7.35. The number of carbonyl (C=O) groups is 1. The monoisotopic (exact) mass is 429 g/mol. The minimum Gasteiger partial charge on any atom is -0.377 e. The van der Waals surface area contributed by atoms with Crippen molar-refractivity contribution in [2.75, 3.05) is 26.4 Å². The van der Waals surface area contributed by atoms with Crippen molar-refractivity contribution in [3.63, 3.8) is 0 Å². The van der Waals surface area contributed by atoms with Gasteiger partial charge in [0.15, 0.2) is 5.82 Å². The van der Waals surface area contributed by atoms with E-state index in [9.17, 15) is 9.18 Å². The maximum absolute atomic E-state index is 14.3. The number of aromatic nitrogens is 4. The van der Waals surface area contributed by atoms with E-state index in [0.29, 0.717) is 37.2 Å². The molecule has 1 aliphatic rings. The molecule has 31 heavy (non-hydrogen) atoms. The molecule has 1 unspecified atom stereocenters. The molecule has 0 bridgehead atoms. The van der Waals surface area contributed by atoms with E-state index < -0.39 is 0 Å². The number of carbonyl (C=O) groups excluding carboxylic acids is 1. The van der Waals surface area contributed by atoms with Crippen LogP contribution >= 0.6 is 0 Å². The van der Waals surface area contributed by atoms with Crippen LogP contribution in [0.5, 0.6) is 0 Å². The fourth-order valence-electron chi connectivity index (χ4n) is 3.84. The van der Waals surface area contributed by atoms with Crippen LogP contribution in [0.25, 0.3) is 5.69 Å². The zero-order valence-corrected chi connectivity index (χ0v) is 17.7. The normalized spacial score (nSPS) is 16.6. The number of amides is 1. The van der Waals surface area contributed by atoms with Crippen LogP contribution in [0, 0.1) is 26.6 Å². The van der Waals surface area contributed by atoms with E-state index >= 15 is 0 Å². The molecule has 0 spiro atoms. The van der Waals surface area contributed by atoms with Gasteiger partial charge in [-0.15, -0.1) is 0 Å². The van der Waals surface area contributed by atoms with Gasteiger partial charge in [-0.25, -0.2) is 9.07 Å². The van der Waals surface area contributed by atoms with Gasteiger partial charge >= 0.3 is 0 Å². The van der Waals surface area contributed by atoms with Crippen molar-refractivity contribution in [2.24, 2.45) is 0 Å². The number of hydrogen-bond donors (Lipinski definition) is 0. The highest BCUT2D eigenvalue weighted by Crippen LogP contribution is 2.31. The number of rotatable bonds is 6. The molecule has 1 atom stereocenters. The van der Waals surface area contributed by atoms with Gasteiger partial charge in [0.1, 0.15) is 24.7 Å². The molecule has 2 aromatic heterocycles. The summed E-state index contributed by atoms with van der Waals surface area (Å²) < 4.78 is 32.1. The predicted octanol–water partition coefficient (Wildman–Crippen LogP) is 2.44. The van der Waals surface area contributed by atoms with Crippen molar-refractivity contribution in [1.82, 2.24) is 24.8 Å². The number of morpholine rings is 1. The topological polar surface area (TPSA) is 95.5 Å². The third kappa shape index (κ3) is 4.35. The lowest BCUT2D eigenvalue weighted by Crippen LogP contribution is -2.45. The summed E-state index contributed by atoms with van der Waals surface area (Å²) in [6, 6.07) is 6.13. The van der Waals surface area contributed by atoms with Gasteiger partial charge in [0, 0.05) is 17.8 Å². The highest BCUT2D eigenvalue weighted by atomic mass is 19.1. The Morgan fingerprint density at radius 1 is 1.29 bits per heavy atom. The standard InChI is InChI=1S/C21H24FN5O4/c1-13-21(14(2)27(24-13)17-7-5-4-6-16(17)22)18-10-29-9-8-26(18)20(28)12-30-11-19-23-15(3)25-31-19/h4-7,18H,8-12H2,1-3H3. The van der Waals surface area contributed by atoms with Crippen LogP contribution in [-0.4, -0.2) is 57.1 Å². The molecule has 0 radical (unpaired) electrons. The summed E-state index contributed by atoms with van der Waals surface area (Å²) in [7, 11) is 0. The van der Waals surface area contributed by atoms with Crippen LogP contribution in [-0.2, 0) is 20.9 Å². The molecule has 10 heteroatoms. The first-order valence-corrected chi connectivity index (χ1v) is 10.0. The highest BCUT2D eigenvalue weighted by molar-refractivity contribution is 5.78. The lowest BCUT2D eigenvalue weighted by atomic mass is 10.0. The van der Waals surface area contributed by atoms with E-state index in [4.69, 9.17) is 14.0 Å². The second-order valence-electron chi connectivity index (χ2n) is 7.35. The number of benzene rings is 1. The van der Waals surface area contributed by atoms with Gasteiger partial charge in [-0.3, -0.25) is 4.79 Å². The van der Waals surface area contributed by atoms with Crippen LogP contribution in [0.15, 0.2) is 28.8 Å². The smallest absolute Gasteiger partial charge is 0.252 e. The number of ether oxygens (including phenoxy) is 2. The van der Waals surface area contributed by atoms with Gasteiger partial charge in [-0.1, -0.05) is 17.3 Å². The van der Waals surface area contributed by atoms with E-state index in [2.05, 4.69) is 15.2 Å². The third-order valence-corrected chi connectivity index (χ3v) is 5.23. The van der Waals surface area contributed by atoms with E-state index in [0.717, 1.165) is 17.0 Å². The van der Waals surface area contributed by atoms with Gasteiger partial charge in [-0.2, -0.15) is 10.1 Å². The Bertz CT molecular complexity index is 1080. The Hall–Kier alpha value is -3.11. The molecule has 4 rings (SSSR count). The van der Waals surface area contributed by atoms with E-state index in [1.807, 2.05) is 13.8 Å². The van der Waals surface area contributed by atoms with Crippen molar-refractivity contribution in [2.45, 2.75) is 33.4 Å². The number of hydrogen-bond acceptors (Lipinski definition) is 7. The summed E-state index contributed by atoms with van der Waals surface area (Å²) in [5.41, 5.74) is 2.69. The Morgan fingerprint density at radius 3 is 2.84 bits per heavy atom. The fourth-order valence-corrected chi connectivity index (χ4v) is 3.84. The van der Waals surface area contributed by atoms with Crippen LogP contribution in [0.2, 0.25) is 0 Å². The zero-order valence-electron chi connectivity index (χ0n) is 17.7. The maximum Gasteiger partial charge on any atom is 0.252 e. The quantitative estimate of drug-likeness (QED) is 0.594. The summed E-state index contributed by atoms with van der Waals surface area (Å²) >= 11 is 0. The molecule has 1 aromatic carbocycles. The summed E-state index contributed by atoms with van der Waals surface area (Å²) in [5, 5.41) is 8.23. The first kappa shape index (κ1) is 21.1. The van der Waals surface area contributed by atoms with Crippen molar-refractivity contribution >= 4 is 5.91 Å². The largest absolute Gasteiger partial charge is 0.377 e. The Labute approximate surface area is 178 Å². The second kappa shape index (κ2) is 8.94. The van der Waals surface area contributed by atoms with Crippen LogP contribution < -0.4 is 0 Å². The van der Waals surface area contributed by atoms with Gasteiger partial charge in [0.05, 0.1) is 24.9 Å². The summed E-state index contributed by atoms with van der Waals surface area (Å²) in [6.45, 7) is 6.56. The van der Waals surface area contributed by atoms with Crippen molar-refractivity contribution in [1.29, 1.82) is 0 Å². The van der Waals surface area contributed by atoms with Crippen LogP contribution in [0.3, 0.4) is 0 Å². The number of halogens is 1. The molecule has 0 saturated carbocycles. The molecule has 1 saturated heterocycles. The Kier molecular flexibility index (Phi) is 6.10. The minimum atomic E-state index is -0.364. The Balaban J connectivity index is 1.53. The van der Waals surface area contributed by atoms with Crippen molar-refractivity contribution < 1.29 is 23.2 Å². The SMILES string of the molecule is Cc1noc(COCC(=O)N2CCOCC2c2c(C)nn(-c3ccccc3F)c2C)n1. The number of para-hydroxylation sites is 1. The van der Waals surface area contributed by atoms with Crippen molar-refractivity contribution in [3.8, 4) is 5.69 Å². The first-order valence-electron chi connectivity index (χ1n) is 10.0. The molecule has 1 amide bonds. The number of nitrogens with zero attached hydrogens (tertiary/aromatic N) is 5. The van der Waals surface area contributed by atoms with Crippen LogP contribution in [0.1, 0.15) is 34.7 Å². The molecule has 0 aliphatic carbocycles. The average molecular weight is 429 g/mol. The predicted molar refractivity (Wildman–Crippen MR) is 107 cm³/mol. The molecular weight excluding hydrogens is 405 g/mol. The zero-order chi connectivity index (χ0) is 22.0. The summed E-state index contributed by atoms with van der Waals surface area (Å²) in [6.07, 6.45) is 0. The highest BCUT2D eigenvalue weighted by Gasteiger charge is 2.33. The van der Waals surface area contributed by atoms with Gasteiger partial charge in [0.2, 0.25) is 5.91 Å². The van der Waals surface area contributed by atoms with Crippen LogP contribution in [0.4, 0.5) is 4.39 Å². The number of aryl methyl sites for hydroxylation is 2. The average Bonchev–Trinajstić information content (AvgIpc) is 3.30. The summed E-state index contributed by atoms with van der Waals surface area (Å²) in [5.74, 6) is 0.289. The van der Waals surface area contributed by atoms with E-state index in [1.54, 1.807) is 34.7 Å². The van der Waals surface area contributed by atoms with E-state index in [-0.39, 0.29) is 31.0 Å². The minimum absolute atomic E-state index is 0.0604. The maximum atomic E-state index is 14.3. The molecule has 9 nitrogen and oxygen atoms in total. The van der Waals surface area contributed by atoms with E-state index in [1.165, 1.54) is 6.07 Å². The molecular formula is C21H24FN5O4. The molecule has 3 heterocycles. The molecule has 1 aliphatic heterocycles. The lowest BCUT2D eigenvalue weighted by Gasteiger charge is -2.36. The molecule has 0 N–H and O–H groups in total. The fraction of sp³-hybridized carbons (Fsp3) is 0.429. The summed E-state index contributed by atoms with van der Waals surface area (Å²) in [4.78, 5) is 18.7. The third-order valence-electron chi connectivity index (χ3n) is 5.23. The van der Waals surface area contributed by atoms with Gasteiger partial charge in [0.25, 0.3) is 5.89 Å². The molecule has 164 valence electrons. The first-order chi connectivity index (χ1) is 15.0. The van der Waals surface area contributed by atoms with Gasteiger partial charge < -0.3 is 18.9 Å². The lowest BCUT2D eigenvalue weighted by molar-refractivity contribution is -0.145. The Morgan fingerprint density at radius 2 is 2.10 bits per heavy atom. The molecule has 3 aromatic rings. The van der Waals surface area contributed by atoms with Gasteiger partial charge in [-0.05, 0) is 32.9 Å².